The predicted molar refractivity (Wildman–Crippen MR) is 81.9 cm³/mol. The first-order chi connectivity index (χ1) is 10.2. The lowest BCUT2D eigenvalue weighted by Gasteiger charge is -2.06. The zero-order valence-electron chi connectivity index (χ0n) is 11.8. The average Bonchev–Trinajstić information content (AvgIpc) is 2.87. The number of carbonyl (C=O) groups is 1. The van der Waals surface area contributed by atoms with Crippen LogP contribution in [0.3, 0.4) is 0 Å². The molecule has 2 aromatic heterocycles. The highest BCUT2D eigenvalue weighted by molar-refractivity contribution is 5.93. The number of aromatic nitrogens is 3. The fourth-order valence-corrected chi connectivity index (χ4v) is 2.25. The Balaban J connectivity index is 1.64. The summed E-state index contributed by atoms with van der Waals surface area (Å²) in [7, 11) is 1.89. The zero-order chi connectivity index (χ0) is 14.7. The van der Waals surface area contributed by atoms with Crippen LogP contribution in [0.1, 0.15) is 12.0 Å². The molecule has 0 aliphatic carbocycles. The van der Waals surface area contributed by atoms with Crippen LogP contribution in [0.5, 0.6) is 0 Å². The maximum Gasteiger partial charge on any atom is 0.224 e. The summed E-state index contributed by atoms with van der Waals surface area (Å²) in [6, 6.07) is 9.64. The van der Waals surface area contributed by atoms with Gasteiger partial charge in [-0.15, -0.1) is 0 Å². The molecule has 3 aromatic rings. The molecule has 0 saturated heterocycles. The average molecular weight is 280 g/mol. The van der Waals surface area contributed by atoms with Crippen LogP contribution in [-0.4, -0.2) is 20.7 Å². The van der Waals surface area contributed by atoms with Crippen molar-refractivity contribution in [3.8, 4) is 0 Å². The van der Waals surface area contributed by atoms with Gasteiger partial charge in [-0.05, 0) is 36.2 Å². The number of nitrogens with zero attached hydrogens (tertiary/aromatic N) is 3. The van der Waals surface area contributed by atoms with Crippen molar-refractivity contribution in [1.82, 2.24) is 14.8 Å². The number of carbonyl (C=O) groups excluding carboxylic acids is 1. The topological polar surface area (TPSA) is 59.8 Å². The van der Waals surface area contributed by atoms with Crippen LogP contribution in [0, 0.1) is 0 Å². The maximum atomic E-state index is 12.0. The summed E-state index contributed by atoms with van der Waals surface area (Å²) < 4.78 is 1.79. The molecule has 1 N–H and O–H groups in total. The number of hydrogen-bond acceptors (Lipinski definition) is 3. The molecule has 106 valence electrons. The third-order valence-corrected chi connectivity index (χ3v) is 3.40. The molecule has 1 aromatic carbocycles. The number of fused-ring (bicyclic) bond motifs is 1. The Morgan fingerprint density at radius 3 is 3.00 bits per heavy atom. The second-order valence-electron chi connectivity index (χ2n) is 4.95. The van der Waals surface area contributed by atoms with Crippen molar-refractivity contribution < 1.29 is 4.79 Å². The summed E-state index contributed by atoms with van der Waals surface area (Å²) in [6.07, 6.45) is 6.45. The van der Waals surface area contributed by atoms with E-state index in [1.165, 1.54) is 0 Å². The zero-order valence-corrected chi connectivity index (χ0v) is 11.8. The number of nitrogens with one attached hydrogen (secondary N) is 1. The van der Waals surface area contributed by atoms with Crippen molar-refractivity contribution in [3.63, 3.8) is 0 Å². The van der Waals surface area contributed by atoms with E-state index in [4.69, 9.17) is 0 Å². The van der Waals surface area contributed by atoms with Crippen molar-refractivity contribution in [1.29, 1.82) is 0 Å². The van der Waals surface area contributed by atoms with Crippen LogP contribution in [0.4, 0.5) is 5.69 Å². The SMILES string of the molecule is Cn1ncc2ccc(NC(=O)CCc3cccnc3)cc21. The van der Waals surface area contributed by atoms with Gasteiger partial charge in [-0.25, -0.2) is 0 Å². The predicted octanol–water partition coefficient (Wildman–Crippen LogP) is 2.54. The minimum Gasteiger partial charge on any atom is -0.326 e. The second-order valence-corrected chi connectivity index (χ2v) is 4.95. The molecular weight excluding hydrogens is 264 g/mol. The van der Waals surface area contributed by atoms with Gasteiger partial charge in [0.05, 0.1) is 11.7 Å². The summed E-state index contributed by atoms with van der Waals surface area (Å²) in [6.45, 7) is 0. The van der Waals surface area contributed by atoms with E-state index in [0.29, 0.717) is 12.8 Å². The van der Waals surface area contributed by atoms with Gasteiger partial charge in [-0.3, -0.25) is 14.5 Å². The Morgan fingerprint density at radius 1 is 1.29 bits per heavy atom. The Kier molecular flexibility index (Phi) is 3.64. The highest BCUT2D eigenvalue weighted by atomic mass is 16.1. The molecule has 0 atom stereocenters. The van der Waals surface area contributed by atoms with Gasteiger partial charge in [-0.1, -0.05) is 6.07 Å². The molecule has 0 spiro atoms. The van der Waals surface area contributed by atoms with Crippen LogP contribution in [-0.2, 0) is 18.3 Å². The van der Waals surface area contributed by atoms with Gasteiger partial charge in [0.25, 0.3) is 0 Å². The van der Waals surface area contributed by atoms with Crippen LogP contribution in [0.25, 0.3) is 10.9 Å². The van der Waals surface area contributed by atoms with E-state index in [1.807, 2.05) is 43.6 Å². The fourth-order valence-electron chi connectivity index (χ4n) is 2.25. The number of anilines is 1. The standard InChI is InChI=1S/C16H16N4O/c1-20-15-9-14(6-5-13(15)11-18-20)19-16(21)7-4-12-3-2-8-17-10-12/h2-3,5-6,8-11H,4,7H2,1H3,(H,19,21). The van der Waals surface area contributed by atoms with Crippen molar-refractivity contribution in [3.05, 3.63) is 54.5 Å². The molecule has 0 bridgehead atoms. The summed E-state index contributed by atoms with van der Waals surface area (Å²) in [5.41, 5.74) is 2.86. The Labute approximate surface area is 122 Å². The molecule has 0 unspecified atom stereocenters. The van der Waals surface area contributed by atoms with Crippen LogP contribution in [0.2, 0.25) is 0 Å². The molecule has 3 rings (SSSR count). The van der Waals surface area contributed by atoms with E-state index >= 15 is 0 Å². The molecule has 21 heavy (non-hydrogen) atoms. The van der Waals surface area contributed by atoms with E-state index < -0.39 is 0 Å². The summed E-state index contributed by atoms with van der Waals surface area (Å²) >= 11 is 0. The summed E-state index contributed by atoms with van der Waals surface area (Å²) in [5.74, 6) is 0.000344. The monoisotopic (exact) mass is 280 g/mol. The largest absolute Gasteiger partial charge is 0.326 e. The van der Waals surface area contributed by atoms with Crippen LogP contribution in [0.15, 0.2) is 48.9 Å². The molecule has 5 heteroatoms. The number of amides is 1. The van der Waals surface area contributed by atoms with Crippen molar-refractivity contribution in [2.24, 2.45) is 7.05 Å². The molecule has 5 nitrogen and oxygen atoms in total. The molecule has 0 aliphatic rings. The number of aryl methyl sites for hydroxylation is 2. The van der Waals surface area contributed by atoms with E-state index in [2.05, 4.69) is 15.4 Å². The van der Waals surface area contributed by atoms with E-state index in [9.17, 15) is 4.79 Å². The molecule has 0 radical (unpaired) electrons. The lowest BCUT2D eigenvalue weighted by molar-refractivity contribution is -0.116. The second kappa shape index (κ2) is 5.75. The third-order valence-electron chi connectivity index (χ3n) is 3.40. The molecular formula is C16H16N4O. The number of rotatable bonds is 4. The Bertz CT molecular complexity index is 764. The minimum atomic E-state index is 0.000344. The first-order valence-corrected chi connectivity index (χ1v) is 6.83. The number of benzene rings is 1. The maximum absolute atomic E-state index is 12.0. The van der Waals surface area contributed by atoms with Gasteiger partial charge < -0.3 is 5.32 Å². The minimum absolute atomic E-state index is 0.000344. The van der Waals surface area contributed by atoms with Crippen molar-refractivity contribution >= 4 is 22.5 Å². The quantitative estimate of drug-likeness (QED) is 0.799. The molecule has 2 heterocycles. The van der Waals surface area contributed by atoms with E-state index in [1.54, 1.807) is 17.1 Å². The van der Waals surface area contributed by atoms with E-state index in [0.717, 1.165) is 22.2 Å². The summed E-state index contributed by atoms with van der Waals surface area (Å²) in [4.78, 5) is 16.0. The smallest absolute Gasteiger partial charge is 0.224 e. The Morgan fingerprint density at radius 2 is 2.19 bits per heavy atom. The molecule has 0 fully saturated rings. The van der Waals surface area contributed by atoms with Gasteiger partial charge in [0.2, 0.25) is 5.91 Å². The van der Waals surface area contributed by atoms with Gasteiger partial charge in [0.1, 0.15) is 0 Å². The van der Waals surface area contributed by atoms with Gasteiger partial charge in [0.15, 0.2) is 0 Å². The lowest BCUT2D eigenvalue weighted by Crippen LogP contribution is -2.12. The molecule has 1 amide bonds. The highest BCUT2D eigenvalue weighted by Crippen LogP contribution is 2.18. The van der Waals surface area contributed by atoms with Gasteiger partial charge in [-0.2, -0.15) is 5.10 Å². The van der Waals surface area contributed by atoms with Crippen LogP contribution >= 0.6 is 0 Å². The first-order valence-electron chi connectivity index (χ1n) is 6.83. The van der Waals surface area contributed by atoms with Gasteiger partial charge >= 0.3 is 0 Å². The Hall–Kier alpha value is -2.69. The van der Waals surface area contributed by atoms with Crippen molar-refractivity contribution in [2.75, 3.05) is 5.32 Å². The van der Waals surface area contributed by atoms with Crippen LogP contribution < -0.4 is 5.32 Å². The van der Waals surface area contributed by atoms with Crippen molar-refractivity contribution in [2.45, 2.75) is 12.8 Å². The molecule has 0 saturated carbocycles. The highest BCUT2D eigenvalue weighted by Gasteiger charge is 2.05. The van der Waals surface area contributed by atoms with E-state index in [-0.39, 0.29) is 5.91 Å². The molecule has 0 aliphatic heterocycles. The number of hydrogen-bond donors (Lipinski definition) is 1. The third kappa shape index (κ3) is 3.08. The fraction of sp³-hybridized carbons (Fsp3) is 0.188. The summed E-state index contributed by atoms with van der Waals surface area (Å²) in [5, 5.41) is 8.17. The normalized spacial score (nSPS) is 10.7. The first kappa shape index (κ1) is 13.3. The number of pyridine rings is 1. The van der Waals surface area contributed by atoms with Gasteiger partial charge in [0, 0.05) is 36.9 Å². The lowest BCUT2D eigenvalue weighted by atomic mass is 10.1.